The molecular formula is C29H22Cl2N2O5. The van der Waals surface area contributed by atoms with Crippen molar-refractivity contribution in [3.63, 3.8) is 0 Å². The third-order valence-electron chi connectivity index (χ3n) is 6.33. The van der Waals surface area contributed by atoms with Gasteiger partial charge in [-0.25, -0.2) is 0 Å². The molecule has 0 radical (unpaired) electrons. The van der Waals surface area contributed by atoms with Gasteiger partial charge < -0.3 is 14.4 Å². The number of hydrogen-bond donors (Lipinski definition) is 0. The van der Waals surface area contributed by atoms with Gasteiger partial charge in [0.05, 0.1) is 17.8 Å². The summed E-state index contributed by atoms with van der Waals surface area (Å²) in [4.78, 5) is 42.8. The van der Waals surface area contributed by atoms with E-state index in [4.69, 9.17) is 32.7 Å². The highest BCUT2D eigenvalue weighted by Gasteiger charge is 2.33. The maximum atomic E-state index is 13.4. The molecule has 4 aromatic carbocycles. The molecule has 0 saturated carbocycles. The van der Waals surface area contributed by atoms with E-state index in [1.54, 1.807) is 60.7 Å². The summed E-state index contributed by atoms with van der Waals surface area (Å²) >= 11 is 12.1. The van der Waals surface area contributed by atoms with Gasteiger partial charge >= 0.3 is 0 Å². The van der Waals surface area contributed by atoms with Crippen molar-refractivity contribution in [3.8, 4) is 11.5 Å². The van der Waals surface area contributed by atoms with Gasteiger partial charge in [-0.3, -0.25) is 19.3 Å². The molecule has 0 spiro atoms. The van der Waals surface area contributed by atoms with Crippen LogP contribution < -0.4 is 14.4 Å². The van der Waals surface area contributed by atoms with Crippen molar-refractivity contribution in [3.05, 3.63) is 100 Å². The van der Waals surface area contributed by atoms with Crippen LogP contribution in [0.2, 0.25) is 10.0 Å². The Morgan fingerprint density at radius 3 is 2.21 bits per heavy atom. The van der Waals surface area contributed by atoms with Crippen molar-refractivity contribution >= 4 is 57.4 Å². The molecule has 0 saturated heterocycles. The lowest BCUT2D eigenvalue weighted by Gasteiger charge is -2.30. The molecule has 192 valence electrons. The van der Waals surface area contributed by atoms with Crippen molar-refractivity contribution in [1.29, 1.82) is 0 Å². The Bertz CT molecular complexity index is 1520. The molecule has 0 fully saturated rings. The Balaban J connectivity index is 1.41. The fourth-order valence-corrected chi connectivity index (χ4v) is 4.99. The number of para-hydroxylation sites is 2. The lowest BCUT2D eigenvalue weighted by Crippen LogP contribution is -2.46. The highest BCUT2D eigenvalue weighted by Crippen LogP contribution is 2.32. The molecule has 38 heavy (non-hydrogen) atoms. The lowest BCUT2D eigenvalue weighted by atomic mass is 9.94. The molecule has 3 amide bonds. The van der Waals surface area contributed by atoms with Gasteiger partial charge in [-0.1, -0.05) is 59.6 Å². The summed E-state index contributed by atoms with van der Waals surface area (Å²) in [6.07, 6.45) is 0. The zero-order valence-electron chi connectivity index (χ0n) is 20.3. The molecule has 9 heteroatoms. The summed E-state index contributed by atoms with van der Waals surface area (Å²) in [5.41, 5.74) is 1.38. The van der Waals surface area contributed by atoms with Gasteiger partial charge in [0.1, 0.15) is 11.5 Å². The summed E-state index contributed by atoms with van der Waals surface area (Å²) in [5.74, 6) is -0.473. The van der Waals surface area contributed by atoms with Crippen molar-refractivity contribution in [2.75, 3.05) is 31.7 Å². The number of halogens is 2. The molecule has 0 aliphatic carbocycles. The smallest absolute Gasteiger partial charge is 0.265 e. The zero-order chi connectivity index (χ0) is 26.8. The summed E-state index contributed by atoms with van der Waals surface area (Å²) in [6.45, 7) is -0.357. The number of anilines is 1. The maximum absolute atomic E-state index is 13.4. The highest BCUT2D eigenvalue weighted by molar-refractivity contribution is 6.35. The van der Waals surface area contributed by atoms with Crippen LogP contribution in [-0.2, 0) is 4.79 Å². The molecule has 0 unspecified atom stereocenters. The van der Waals surface area contributed by atoms with Gasteiger partial charge in [0.15, 0.2) is 6.61 Å². The number of rotatable bonds is 8. The van der Waals surface area contributed by atoms with Gasteiger partial charge in [0.2, 0.25) is 0 Å². The first kappa shape index (κ1) is 25.6. The second kappa shape index (κ2) is 10.7. The number of methoxy groups -OCH3 is 1. The van der Waals surface area contributed by atoms with Gasteiger partial charge in [0, 0.05) is 34.6 Å². The average molecular weight is 549 g/mol. The molecule has 0 aromatic heterocycles. The van der Waals surface area contributed by atoms with E-state index < -0.39 is 17.7 Å². The summed E-state index contributed by atoms with van der Waals surface area (Å²) in [6, 6.07) is 22.4. The fraction of sp³-hybridized carbons (Fsp3) is 0.138. The average Bonchev–Trinajstić information content (AvgIpc) is 2.93. The van der Waals surface area contributed by atoms with Gasteiger partial charge in [0.25, 0.3) is 17.7 Å². The highest BCUT2D eigenvalue weighted by atomic mass is 35.5. The number of benzene rings is 4. The Morgan fingerprint density at radius 1 is 0.868 bits per heavy atom. The normalized spacial score (nSPS) is 12.6. The first-order chi connectivity index (χ1) is 18.4. The Hall–Kier alpha value is -4.07. The monoisotopic (exact) mass is 548 g/mol. The third kappa shape index (κ3) is 4.78. The van der Waals surface area contributed by atoms with Crippen LogP contribution in [0.3, 0.4) is 0 Å². The molecule has 0 N–H and O–H groups in total. The fourth-order valence-electron chi connectivity index (χ4n) is 4.53. The van der Waals surface area contributed by atoms with E-state index in [-0.39, 0.29) is 24.7 Å². The van der Waals surface area contributed by atoms with Crippen molar-refractivity contribution in [2.24, 2.45) is 0 Å². The van der Waals surface area contributed by atoms with Gasteiger partial charge in [-0.2, -0.15) is 0 Å². The number of carbonyl (C=O) groups excluding carboxylic acids is 3. The van der Waals surface area contributed by atoms with Crippen molar-refractivity contribution < 1.29 is 23.9 Å². The van der Waals surface area contributed by atoms with E-state index in [2.05, 4.69) is 0 Å². The number of hydrogen-bond acceptors (Lipinski definition) is 5. The van der Waals surface area contributed by atoms with Gasteiger partial charge in [-0.05, 0) is 47.9 Å². The number of imide groups is 1. The second-order valence-corrected chi connectivity index (χ2v) is 9.40. The topological polar surface area (TPSA) is 76.2 Å². The second-order valence-electron chi connectivity index (χ2n) is 8.55. The largest absolute Gasteiger partial charge is 0.495 e. The van der Waals surface area contributed by atoms with E-state index in [9.17, 15) is 14.4 Å². The quantitative estimate of drug-likeness (QED) is 0.257. The predicted octanol–water partition coefficient (Wildman–Crippen LogP) is 5.86. The minimum Gasteiger partial charge on any atom is -0.495 e. The number of ether oxygens (including phenoxy) is 2. The van der Waals surface area contributed by atoms with Crippen molar-refractivity contribution in [2.45, 2.75) is 0 Å². The SMILES string of the molecule is COc1ccccc1N(CCN1C(=O)c2cccc3cccc(c23)C1=O)C(=O)COc1ccc(Cl)cc1Cl. The Morgan fingerprint density at radius 2 is 1.55 bits per heavy atom. The maximum Gasteiger partial charge on any atom is 0.265 e. The summed E-state index contributed by atoms with van der Waals surface area (Å²) in [7, 11) is 1.50. The molecule has 1 heterocycles. The number of amides is 3. The van der Waals surface area contributed by atoms with Crippen LogP contribution in [-0.4, -0.2) is 49.4 Å². The number of carbonyl (C=O) groups is 3. The lowest BCUT2D eigenvalue weighted by molar-refractivity contribution is -0.120. The van der Waals surface area contributed by atoms with E-state index in [0.717, 1.165) is 5.39 Å². The van der Waals surface area contributed by atoms with Crippen LogP contribution in [0.1, 0.15) is 20.7 Å². The first-order valence-electron chi connectivity index (χ1n) is 11.8. The van der Waals surface area contributed by atoms with Crippen LogP contribution in [0.5, 0.6) is 11.5 Å². The minimum atomic E-state index is -0.417. The van der Waals surface area contributed by atoms with Crippen LogP contribution in [0.25, 0.3) is 10.8 Å². The standard InChI is InChI=1S/C29H22Cl2N2O5/c1-37-25-11-3-2-10-23(25)32(26(34)17-38-24-13-12-19(30)16-22(24)31)14-15-33-28(35)20-8-4-6-18-7-5-9-21(27(18)20)29(33)36/h2-13,16H,14-15,17H2,1H3. The van der Waals surface area contributed by atoms with E-state index >= 15 is 0 Å². The first-order valence-corrected chi connectivity index (χ1v) is 12.5. The molecule has 5 rings (SSSR count). The third-order valence-corrected chi connectivity index (χ3v) is 6.86. The van der Waals surface area contributed by atoms with Crippen LogP contribution >= 0.6 is 23.2 Å². The van der Waals surface area contributed by atoms with Crippen LogP contribution in [0, 0.1) is 0 Å². The number of nitrogens with zero attached hydrogens (tertiary/aromatic N) is 2. The van der Waals surface area contributed by atoms with Crippen LogP contribution in [0.15, 0.2) is 78.9 Å². The summed E-state index contributed by atoms with van der Waals surface area (Å²) in [5, 5.41) is 2.18. The molecular weight excluding hydrogens is 527 g/mol. The predicted molar refractivity (Wildman–Crippen MR) is 147 cm³/mol. The van der Waals surface area contributed by atoms with E-state index in [1.807, 2.05) is 12.1 Å². The molecule has 7 nitrogen and oxygen atoms in total. The molecule has 1 aliphatic heterocycles. The zero-order valence-corrected chi connectivity index (χ0v) is 21.8. The molecule has 0 bridgehead atoms. The van der Waals surface area contributed by atoms with Gasteiger partial charge in [-0.15, -0.1) is 0 Å². The molecule has 4 aromatic rings. The van der Waals surface area contributed by atoms with Crippen molar-refractivity contribution in [1.82, 2.24) is 4.90 Å². The Labute approximate surface area is 229 Å². The minimum absolute atomic E-state index is 0.0204. The van der Waals surface area contributed by atoms with E-state index in [1.165, 1.54) is 23.0 Å². The summed E-state index contributed by atoms with van der Waals surface area (Å²) < 4.78 is 11.2. The van der Waals surface area contributed by atoms with Crippen LogP contribution in [0.4, 0.5) is 5.69 Å². The molecule has 1 aliphatic rings. The Kier molecular flexibility index (Phi) is 7.22. The van der Waals surface area contributed by atoms with E-state index in [0.29, 0.717) is 38.7 Å². The molecule has 0 atom stereocenters.